The fourth-order valence-corrected chi connectivity index (χ4v) is 2.74. The third-order valence-corrected chi connectivity index (χ3v) is 4.36. The Kier molecular flexibility index (Phi) is 6.14. The van der Waals surface area contributed by atoms with Gasteiger partial charge in [-0.1, -0.05) is 41.9 Å². The molecule has 0 saturated heterocycles. The standard InChI is InChI=1S/C22H18ClNO5/c1-13(25)15-6-8-16(9-7-15)19-10-11-20(29-19)22(27)28-14(2)21(26)24-18-5-3-4-17(23)12-18/h3-12,14H,1-2H3,(H,24,26)/t14-/m1/s1. The normalized spacial score (nSPS) is 11.6. The number of rotatable bonds is 6. The van der Waals surface area contributed by atoms with E-state index in [-0.39, 0.29) is 11.5 Å². The molecule has 148 valence electrons. The second-order valence-corrected chi connectivity index (χ2v) is 6.78. The van der Waals surface area contributed by atoms with Crippen molar-refractivity contribution in [1.29, 1.82) is 0 Å². The summed E-state index contributed by atoms with van der Waals surface area (Å²) in [4.78, 5) is 35.9. The smallest absolute Gasteiger partial charge is 0.375 e. The van der Waals surface area contributed by atoms with Gasteiger partial charge in [-0.05, 0) is 44.2 Å². The first-order valence-electron chi connectivity index (χ1n) is 8.82. The van der Waals surface area contributed by atoms with Crippen LogP contribution in [0.25, 0.3) is 11.3 Å². The SMILES string of the molecule is CC(=O)c1ccc(-c2ccc(C(=O)O[C@H](C)C(=O)Nc3cccc(Cl)c3)o2)cc1. The molecular weight excluding hydrogens is 394 g/mol. The minimum atomic E-state index is -1.04. The molecule has 1 N–H and O–H groups in total. The third kappa shape index (κ3) is 5.12. The van der Waals surface area contributed by atoms with Crippen molar-refractivity contribution in [3.05, 3.63) is 77.0 Å². The second kappa shape index (κ2) is 8.75. The topological polar surface area (TPSA) is 85.6 Å². The van der Waals surface area contributed by atoms with Crippen molar-refractivity contribution in [2.45, 2.75) is 20.0 Å². The molecule has 0 radical (unpaired) electrons. The van der Waals surface area contributed by atoms with Gasteiger partial charge in [-0.2, -0.15) is 0 Å². The predicted molar refractivity (Wildman–Crippen MR) is 109 cm³/mol. The van der Waals surface area contributed by atoms with E-state index in [1.807, 2.05) is 0 Å². The molecule has 7 heteroatoms. The molecule has 2 aromatic carbocycles. The van der Waals surface area contributed by atoms with Crippen LogP contribution in [0.15, 0.2) is 65.1 Å². The predicted octanol–water partition coefficient (Wildman–Crippen LogP) is 4.99. The number of ketones is 1. The van der Waals surface area contributed by atoms with Gasteiger partial charge in [0.2, 0.25) is 5.76 Å². The van der Waals surface area contributed by atoms with Gasteiger partial charge < -0.3 is 14.5 Å². The fraction of sp³-hybridized carbons (Fsp3) is 0.136. The number of carbonyl (C=O) groups is 3. The Bertz CT molecular complexity index is 1060. The lowest BCUT2D eigenvalue weighted by Gasteiger charge is -2.12. The molecule has 0 saturated carbocycles. The zero-order valence-corrected chi connectivity index (χ0v) is 16.5. The number of esters is 1. The summed E-state index contributed by atoms with van der Waals surface area (Å²) >= 11 is 5.88. The molecule has 29 heavy (non-hydrogen) atoms. The van der Waals surface area contributed by atoms with Crippen molar-refractivity contribution >= 4 is 34.9 Å². The van der Waals surface area contributed by atoms with Crippen LogP contribution in [0.1, 0.15) is 34.8 Å². The summed E-state index contributed by atoms with van der Waals surface area (Å²) in [5, 5.41) is 3.10. The van der Waals surface area contributed by atoms with E-state index >= 15 is 0 Å². The Hall–Kier alpha value is -3.38. The second-order valence-electron chi connectivity index (χ2n) is 6.34. The number of furan rings is 1. The van der Waals surface area contributed by atoms with E-state index in [0.29, 0.717) is 27.6 Å². The first-order chi connectivity index (χ1) is 13.8. The minimum absolute atomic E-state index is 0.0296. The summed E-state index contributed by atoms with van der Waals surface area (Å²) in [7, 11) is 0. The zero-order chi connectivity index (χ0) is 21.0. The number of Topliss-reactive ketones (excluding diaryl/α,β-unsaturated/α-hetero) is 1. The Morgan fingerprint density at radius 2 is 1.76 bits per heavy atom. The maximum absolute atomic E-state index is 12.3. The van der Waals surface area contributed by atoms with Crippen LogP contribution in [0.5, 0.6) is 0 Å². The summed E-state index contributed by atoms with van der Waals surface area (Å²) in [5.41, 5.74) is 1.79. The van der Waals surface area contributed by atoms with Gasteiger partial charge in [0.1, 0.15) is 5.76 Å². The number of ether oxygens (including phenoxy) is 1. The van der Waals surface area contributed by atoms with Crippen molar-refractivity contribution < 1.29 is 23.5 Å². The van der Waals surface area contributed by atoms with E-state index in [9.17, 15) is 14.4 Å². The van der Waals surface area contributed by atoms with Crippen LogP contribution in [-0.4, -0.2) is 23.8 Å². The first-order valence-corrected chi connectivity index (χ1v) is 9.20. The Balaban J connectivity index is 1.63. The maximum atomic E-state index is 12.3. The number of amides is 1. The van der Waals surface area contributed by atoms with E-state index in [4.69, 9.17) is 20.8 Å². The van der Waals surface area contributed by atoms with Crippen molar-refractivity contribution in [2.24, 2.45) is 0 Å². The largest absolute Gasteiger partial charge is 0.449 e. The van der Waals surface area contributed by atoms with Gasteiger partial charge in [0.15, 0.2) is 11.9 Å². The van der Waals surface area contributed by atoms with Gasteiger partial charge in [0.05, 0.1) is 0 Å². The number of benzene rings is 2. The van der Waals surface area contributed by atoms with E-state index < -0.39 is 18.0 Å². The van der Waals surface area contributed by atoms with Gasteiger partial charge in [-0.3, -0.25) is 9.59 Å². The minimum Gasteiger partial charge on any atom is -0.449 e. The molecule has 0 aliphatic heterocycles. The molecular formula is C22H18ClNO5. The summed E-state index contributed by atoms with van der Waals surface area (Å²) < 4.78 is 10.7. The molecule has 1 heterocycles. The van der Waals surface area contributed by atoms with Gasteiger partial charge >= 0.3 is 5.97 Å². The van der Waals surface area contributed by atoms with Gasteiger partial charge in [0, 0.05) is 21.8 Å². The lowest BCUT2D eigenvalue weighted by molar-refractivity contribution is -0.123. The molecule has 3 aromatic rings. The molecule has 1 amide bonds. The molecule has 6 nitrogen and oxygen atoms in total. The number of nitrogens with one attached hydrogen (secondary N) is 1. The molecule has 0 fully saturated rings. The van der Waals surface area contributed by atoms with Crippen LogP contribution in [0.2, 0.25) is 5.02 Å². The van der Waals surface area contributed by atoms with Crippen LogP contribution in [0.3, 0.4) is 0 Å². The molecule has 3 rings (SSSR count). The van der Waals surface area contributed by atoms with E-state index in [0.717, 1.165) is 0 Å². The summed E-state index contributed by atoms with van der Waals surface area (Å²) in [6, 6.07) is 16.6. The molecule has 0 aliphatic rings. The molecule has 0 aliphatic carbocycles. The van der Waals surface area contributed by atoms with Crippen LogP contribution < -0.4 is 5.32 Å². The highest BCUT2D eigenvalue weighted by Gasteiger charge is 2.21. The van der Waals surface area contributed by atoms with Crippen molar-refractivity contribution in [2.75, 3.05) is 5.32 Å². The summed E-state index contributed by atoms with van der Waals surface area (Å²) in [5.74, 6) is -0.871. The summed E-state index contributed by atoms with van der Waals surface area (Å²) in [6.45, 7) is 2.95. The zero-order valence-electron chi connectivity index (χ0n) is 15.8. The van der Waals surface area contributed by atoms with E-state index in [1.165, 1.54) is 19.9 Å². The Morgan fingerprint density at radius 1 is 1.03 bits per heavy atom. The average Bonchev–Trinajstić information content (AvgIpc) is 3.18. The highest BCUT2D eigenvalue weighted by atomic mass is 35.5. The van der Waals surface area contributed by atoms with Crippen LogP contribution in [0.4, 0.5) is 5.69 Å². The highest BCUT2D eigenvalue weighted by Crippen LogP contribution is 2.23. The van der Waals surface area contributed by atoms with Gasteiger partial charge in [-0.25, -0.2) is 4.79 Å². The third-order valence-electron chi connectivity index (χ3n) is 4.13. The fourth-order valence-electron chi connectivity index (χ4n) is 2.55. The lowest BCUT2D eigenvalue weighted by Crippen LogP contribution is -2.29. The number of anilines is 1. The number of hydrogen-bond acceptors (Lipinski definition) is 5. The Labute approximate surface area is 172 Å². The quantitative estimate of drug-likeness (QED) is 0.456. The average molecular weight is 412 g/mol. The maximum Gasteiger partial charge on any atom is 0.375 e. The molecule has 1 atom stereocenters. The van der Waals surface area contributed by atoms with Crippen molar-refractivity contribution in [1.82, 2.24) is 0 Å². The van der Waals surface area contributed by atoms with Gasteiger partial charge in [-0.15, -0.1) is 0 Å². The van der Waals surface area contributed by atoms with E-state index in [2.05, 4.69) is 5.32 Å². The van der Waals surface area contributed by atoms with Gasteiger partial charge in [0.25, 0.3) is 5.91 Å². The molecule has 0 bridgehead atoms. The first kappa shape index (κ1) is 20.4. The Morgan fingerprint density at radius 3 is 2.41 bits per heavy atom. The van der Waals surface area contributed by atoms with Crippen molar-refractivity contribution in [3.63, 3.8) is 0 Å². The molecule has 0 unspecified atom stereocenters. The van der Waals surface area contributed by atoms with Crippen LogP contribution >= 0.6 is 11.6 Å². The number of carbonyl (C=O) groups excluding carboxylic acids is 3. The number of hydrogen-bond donors (Lipinski definition) is 1. The van der Waals surface area contributed by atoms with Crippen LogP contribution in [-0.2, 0) is 9.53 Å². The lowest BCUT2D eigenvalue weighted by atomic mass is 10.1. The monoisotopic (exact) mass is 411 g/mol. The molecule has 1 aromatic heterocycles. The van der Waals surface area contributed by atoms with Crippen LogP contribution in [0, 0.1) is 0 Å². The summed E-state index contributed by atoms with van der Waals surface area (Å²) in [6.07, 6.45) is -1.04. The van der Waals surface area contributed by atoms with E-state index in [1.54, 1.807) is 54.6 Å². The highest BCUT2D eigenvalue weighted by molar-refractivity contribution is 6.30. The molecule has 0 spiro atoms. The van der Waals surface area contributed by atoms with Crippen molar-refractivity contribution in [3.8, 4) is 11.3 Å². The number of halogens is 1.